The number of carbonyl (C=O) groups excluding carboxylic acids is 1. The molecule has 3 aromatic carbocycles. The molecule has 0 saturated carbocycles. The molecule has 34 heavy (non-hydrogen) atoms. The number of anilines is 1. The van der Waals surface area contributed by atoms with Gasteiger partial charge in [0.1, 0.15) is 17.9 Å². The summed E-state index contributed by atoms with van der Waals surface area (Å²) in [7, 11) is 0. The number of hydrogen-bond donors (Lipinski definition) is 2. The van der Waals surface area contributed by atoms with Gasteiger partial charge in [0, 0.05) is 28.9 Å². The molecule has 0 amide bonds. The lowest BCUT2D eigenvalue weighted by atomic mass is 9.95. The summed E-state index contributed by atoms with van der Waals surface area (Å²) in [5.41, 5.74) is 4.22. The number of nitrogens with zero attached hydrogens (tertiary/aromatic N) is 1. The van der Waals surface area contributed by atoms with Crippen molar-refractivity contribution in [2.75, 3.05) is 25.1 Å². The summed E-state index contributed by atoms with van der Waals surface area (Å²) < 4.78 is 10.5. The highest BCUT2D eigenvalue weighted by Crippen LogP contribution is 2.36. The summed E-state index contributed by atoms with van der Waals surface area (Å²) in [5.74, 6) is -0.276. The van der Waals surface area contributed by atoms with Gasteiger partial charge >= 0.3 is 5.97 Å². The number of benzene rings is 3. The Labute approximate surface area is 199 Å². The number of aromatic hydroxyl groups is 1. The first-order valence-corrected chi connectivity index (χ1v) is 11.3. The molecule has 1 atom stereocenters. The number of esters is 1. The maximum Gasteiger partial charge on any atom is 0.338 e. The minimum Gasteiger partial charge on any atom is -0.505 e. The van der Waals surface area contributed by atoms with Gasteiger partial charge in [-0.1, -0.05) is 54.6 Å². The molecule has 0 bridgehead atoms. The van der Waals surface area contributed by atoms with Crippen molar-refractivity contribution in [2.24, 2.45) is 0 Å². The molecule has 174 valence electrons. The number of carbonyl (C=O) groups is 1. The zero-order valence-electron chi connectivity index (χ0n) is 19.3. The Kier molecular flexibility index (Phi) is 7.40. The summed E-state index contributed by atoms with van der Waals surface area (Å²) in [5, 5.41) is 15.5. The van der Waals surface area contributed by atoms with Crippen LogP contribution in [0.15, 0.2) is 78.9 Å². The first kappa shape index (κ1) is 23.3. The first-order chi connectivity index (χ1) is 16.6. The molecule has 0 aliphatic carbocycles. The Balaban J connectivity index is 1.66. The standard InChI is InChI=1S/C28H28N2O4/c1-3-33-16-17-34-28(32)22-10-7-11-23(18-22)30-25(20-8-5-4-6-9-20)24-15-14-21-13-12-19(2)29-26(21)27(24)31/h4-15,18,25,30-31H,3,16-17H2,1-2H3. The molecule has 0 aliphatic rings. The van der Waals surface area contributed by atoms with E-state index in [-0.39, 0.29) is 18.4 Å². The topological polar surface area (TPSA) is 80.7 Å². The van der Waals surface area contributed by atoms with Gasteiger partial charge in [-0.2, -0.15) is 0 Å². The van der Waals surface area contributed by atoms with Gasteiger partial charge in [-0.3, -0.25) is 0 Å². The number of aromatic nitrogens is 1. The van der Waals surface area contributed by atoms with Crippen molar-refractivity contribution in [1.82, 2.24) is 4.98 Å². The largest absolute Gasteiger partial charge is 0.505 e. The summed E-state index contributed by atoms with van der Waals surface area (Å²) in [6.45, 7) is 4.94. The van der Waals surface area contributed by atoms with Gasteiger partial charge in [0.2, 0.25) is 0 Å². The maximum absolute atomic E-state index is 12.5. The Morgan fingerprint density at radius 1 is 1.00 bits per heavy atom. The van der Waals surface area contributed by atoms with Crippen LogP contribution in [0.1, 0.15) is 40.1 Å². The summed E-state index contributed by atoms with van der Waals surface area (Å²) in [4.78, 5) is 17.0. The summed E-state index contributed by atoms with van der Waals surface area (Å²) in [6, 6.07) is 24.4. The van der Waals surface area contributed by atoms with E-state index in [0.717, 1.165) is 22.3 Å². The fraction of sp³-hybridized carbons (Fsp3) is 0.214. The van der Waals surface area contributed by atoms with Crippen molar-refractivity contribution >= 4 is 22.6 Å². The zero-order chi connectivity index (χ0) is 23.9. The molecule has 6 heteroatoms. The van der Waals surface area contributed by atoms with Crippen LogP contribution in [0.5, 0.6) is 5.75 Å². The van der Waals surface area contributed by atoms with Crippen molar-refractivity contribution in [3.05, 3.63) is 101 Å². The number of aryl methyl sites for hydroxylation is 1. The lowest BCUT2D eigenvalue weighted by molar-refractivity contribution is 0.0335. The Morgan fingerprint density at radius 3 is 2.59 bits per heavy atom. The normalized spacial score (nSPS) is 11.8. The van der Waals surface area contributed by atoms with Gasteiger partial charge in [0.25, 0.3) is 0 Å². The third-order valence-corrected chi connectivity index (χ3v) is 5.52. The SMILES string of the molecule is CCOCCOC(=O)c1cccc(NC(c2ccccc2)c2ccc3ccc(C)nc3c2O)c1. The third kappa shape index (κ3) is 5.35. The second kappa shape index (κ2) is 10.8. The molecule has 0 radical (unpaired) electrons. The number of phenolic OH excluding ortho intramolecular Hbond substituents is 1. The molecule has 0 aliphatic heterocycles. The van der Waals surface area contributed by atoms with Crippen LogP contribution in [0.25, 0.3) is 10.9 Å². The van der Waals surface area contributed by atoms with Gasteiger partial charge in [0.15, 0.2) is 0 Å². The van der Waals surface area contributed by atoms with Crippen LogP contribution in [0, 0.1) is 6.92 Å². The number of ether oxygens (including phenoxy) is 2. The van der Waals surface area contributed by atoms with Crippen LogP contribution in [-0.4, -0.2) is 35.9 Å². The maximum atomic E-state index is 12.5. The van der Waals surface area contributed by atoms with Gasteiger partial charge in [0.05, 0.1) is 18.2 Å². The van der Waals surface area contributed by atoms with Crippen LogP contribution in [-0.2, 0) is 9.47 Å². The smallest absolute Gasteiger partial charge is 0.338 e. The zero-order valence-corrected chi connectivity index (χ0v) is 19.3. The van der Waals surface area contributed by atoms with Crippen molar-refractivity contribution < 1.29 is 19.4 Å². The van der Waals surface area contributed by atoms with Crippen LogP contribution < -0.4 is 5.32 Å². The molecule has 0 spiro atoms. The molecule has 0 saturated heterocycles. The van der Waals surface area contributed by atoms with Crippen molar-refractivity contribution in [3.63, 3.8) is 0 Å². The number of nitrogens with one attached hydrogen (secondary N) is 1. The highest BCUT2D eigenvalue weighted by Gasteiger charge is 2.20. The molecule has 1 aromatic heterocycles. The quantitative estimate of drug-likeness (QED) is 0.250. The molecule has 4 rings (SSSR count). The van der Waals surface area contributed by atoms with Gasteiger partial charge in [-0.15, -0.1) is 0 Å². The van der Waals surface area contributed by atoms with Gasteiger partial charge in [-0.25, -0.2) is 9.78 Å². The first-order valence-electron chi connectivity index (χ1n) is 11.3. The van der Waals surface area contributed by atoms with E-state index in [9.17, 15) is 9.90 Å². The van der Waals surface area contributed by atoms with E-state index in [1.807, 2.05) is 74.5 Å². The predicted octanol–water partition coefficient (Wildman–Crippen LogP) is 5.64. The van der Waals surface area contributed by atoms with Crippen molar-refractivity contribution in [1.29, 1.82) is 0 Å². The highest BCUT2D eigenvalue weighted by atomic mass is 16.6. The molecular formula is C28H28N2O4. The monoisotopic (exact) mass is 456 g/mol. The number of hydrogen-bond acceptors (Lipinski definition) is 6. The number of fused-ring (bicyclic) bond motifs is 1. The van der Waals surface area contributed by atoms with Crippen LogP contribution >= 0.6 is 0 Å². The molecular weight excluding hydrogens is 428 g/mol. The second-order valence-corrected chi connectivity index (χ2v) is 7.93. The number of rotatable bonds is 9. The van der Waals surface area contributed by atoms with Crippen LogP contribution in [0.4, 0.5) is 5.69 Å². The Morgan fingerprint density at radius 2 is 1.79 bits per heavy atom. The fourth-order valence-electron chi connectivity index (χ4n) is 3.83. The van der Waals surface area contributed by atoms with E-state index in [0.29, 0.717) is 29.9 Å². The third-order valence-electron chi connectivity index (χ3n) is 5.52. The Hall–Kier alpha value is -3.90. The molecule has 0 fully saturated rings. The van der Waals surface area contributed by atoms with E-state index < -0.39 is 5.97 Å². The van der Waals surface area contributed by atoms with E-state index in [2.05, 4.69) is 10.3 Å². The molecule has 1 unspecified atom stereocenters. The molecule has 4 aromatic rings. The van der Waals surface area contributed by atoms with Crippen molar-refractivity contribution in [3.8, 4) is 5.75 Å². The molecule has 1 heterocycles. The van der Waals surface area contributed by atoms with E-state index >= 15 is 0 Å². The van der Waals surface area contributed by atoms with E-state index in [4.69, 9.17) is 9.47 Å². The fourth-order valence-corrected chi connectivity index (χ4v) is 3.83. The summed E-state index contributed by atoms with van der Waals surface area (Å²) >= 11 is 0. The van der Waals surface area contributed by atoms with E-state index in [1.54, 1.807) is 18.2 Å². The van der Waals surface area contributed by atoms with Gasteiger partial charge in [-0.05, 0) is 43.7 Å². The predicted molar refractivity (Wildman–Crippen MR) is 133 cm³/mol. The van der Waals surface area contributed by atoms with Crippen LogP contribution in [0.3, 0.4) is 0 Å². The number of phenols is 1. The lowest BCUT2D eigenvalue weighted by Crippen LogP contribution is -2.14. The second-order valence-electron chi connectivity index (χ2n) is 7.93. The average molecular weight is 457 g/mol. The minimum absolute atomic E-state index is 0.133. The van der Waals surface area contributed by atoms with Gasteiger partial charge < -0.3 is 19.9 Å². The lowest BCUT2D eigenvalue weighted by Gasteiger charge is -2.23. The Bertz CT molecular complexity index is 1270. The highest BCUT2D eigenvalue weighted by molar-refractivity contribution is 5.90. The average Bonchev–Trinajstić information content (AvgIpc) is 2.87. The minimum atomic E-state index is -0.409. The van der Waals surface area contributed by atoms with Crippen molar-refractivity contribution in [2.45, 2.75) is 19.9 Å². The number of pyridine rings is 1. The summed E-state index contributed by atoms with van der Waals surface area (Å²) in [6.07, 6.45) is 0. The van der Waals surface area contributed by atoms with E-state index in [1.165, 1.54) is 0 Å². The van der Waals surface area contributed by atoms with Crippen LogP contribution in [0.2, 0.25) is 0 Å². The molecule has 2 N–H and O–H groups in total. The molecule has 6 nitrogen and oxygen atoms in total.